The van der Waals surface area contributed by atoms with Gasteiger partial charge in [-0.25, -0.2) is 0 Å². The molecule has 1 rings (SSSR count). The van der Waals surface area contributed by atoms with Crippen LogP contribution in [-0.4, -0.2) is 17.7 Å². The molecule has 1 heterocycles. The minimum absolute atomic E-state index is 0.701. The molecular formula is C11H21N3. The van der Waals surface area contributed by atoms with Crippen molar-refractivity contribution in [2.24, 2.45) is 5.73 Å². The van der Waals surface area contributed by atoms with E-state index in [0.717, 1.165) is 19.6 Å². The van der Waals surface area contributed by atoms with Crippen LogP contribution < -0.4 is 11.1 Å². The summed E-state index contributed by atoms with van der Waals surface area (Å²) in [5.41, 5.74) is 9.52. The van der Waals surface area contributed by atoms with E-state index in [2.05, 4.69) is 36.7 Å². The summed E-state index contributed by atoms with van der Waals surface area (Å²) in [5, 5.41) is 3.32. The minimum Gasteiger partial charge on any atom is -0.349 e. The zero-order valence-corrected chi connectivity index (χ0v) is 9.43. The molecule has 0 aliphatic rings. The molecule has 3 N–H and O–H groups in total. The van der Waals surface area contributed by atoms with E-state index in [-0.39, 0.29) is 0 Å². The summed E-state index contributed by atoms with van der Waals surface area (Å²) in [7, 11) is 0. The fraction of sp³-hybridized carbons (Fsp3) is 0.636. The number of nitrogens with two attached hydrogens (primary N) is 1. The first-order chi connectivity index (χ1) is 6.70. The average Bonchev–Trinajstić information content (AvgIpc) is 2.42. The van der Waals surface area contributed by atoms with E-state index < -0.39 is 0 Å². The highest BCUT2D eigenvalue weighted by atomic mass is 15.0. The van der Waals surface area contributed by atoms with Crippen LogP contribution in [0.25, 0.3) is 0 Å². The van der Waals surface area contributed by atoms with Crippen molar-refractivity contribution in [1.82, 2.24) is 9.88 Å². The molecule has 3 nitrogen and oxygen atoms in total. The Kier molecular flexibility index (Phi) is 4.17. The minimum atomic E-state index is 0.701. The molecule has 0 saturated heterocycles. The van der Waals surface area contributed by atoms with Crippen molar-refractivity contribution in [2.45, 2.75) is 33.9 Å². The monoisotopic (exact) mass is 195 g/mol. The number of nitrogens with zero attached hydrogens (tertiary/aromatic N) is 1. The van der Waals surface area contributed by atoms with E-state index in [9.17, 15) is 0 Å². The summed E-state index contributed by atoms with van der Waals surface area (Å²) in [6.45, 7) is 10.1. The van der Waals surface area contributed by atoms with E-state index in [4.69, 9.17) is 5.73 Å². The second kappa shape index (κ2) is 5.17. The van der Waals surface area contributed by atoms with Gasteiger partial charge in [-0.05, 0) is 32.4 Å². The molecule has 0 unspecified atom stereocenters. The first-order valence-electron chi connectivity index (χ1n) is 5.27. The molecule has 0 spiro atoms. The lowest BCUT2D eigenvalue weighted by atomic mass is 10.2. The number of aromatic nitrogens is 1. The lowest BCUT2D eigenvalue weighted by Crippen LogP contribution is -2.22. The quantitative estimate of drug-likeness (QED) is 0.693. The van der Waals surface area contributed by atoms with Gasteiger partial charge < -0.3 is 15.6 Å². The third kappa shape index (κ3) is 2.36. The number of rotatable bonds is 5. The van der Waals surface area contributed by atoms with Gasteiger partial charge in [-0.2, -0.15) is 0 Å². The van der Waals surface area contributed by atoms with Crippen LogP contribution in [0.15, 0.2) is 6.07 Å². The Bertz CT molecular complexity index is 289. The maximum Gasteiger partial charge on any atom is 0.0223 e. The Labute approximate surface area is 86.3 Å². The van der Waals surface area contributed by atoms with E-state index in [1.54, 1.807) is 0 Å². The summed E-state index contributed by atoms with van der Waals surface area (Å²) in [4.78, 5) is 0. The number of aryl methyl sites for hydroxylation is 1. The second-order valence-electron chi connectivity index (χ2n) is 3.61. The summed E-state index contributed by atoms with van der Waals surface area (Å²) < 4.78 is 2.33. The van der Waals surface area contributed by atoms with Gasteiger partial charge in [0.05, 0.1) is 0 Å². The molecular weight excluding hydrogens is 174 g/mol. The smallest absolute Gasteiger partial charge is 0.0223 e. The van der Waals surface area contributed by atoms with E-state index in [0.29, 0.717) is 6.54 Å². The molecule has 1 aromatic rings. The largest absolute Gasteiger partial charge is 0.349 e. The third-order valence-corrected chi connectivity index (χ3v) is 2.63. The van der Waals surface area contributed by atoms with Gasteiger partial charge in [0, 0.05) is 37.6 Å². The van der Waals surface area contributed by atoms with Gasteiger partial charge >= 0.3 is 0 Å². The SMILES string of the molecule is CCn1c(C)cc(CNCCN)c1C. The van der Waals surface area contributed by atoms with Crippen LogP contribution in [0.5, 0.6) is 0 Å². The van der Waals surface area contributed by atoms with Gasteiger partial charge in [0.15, 0.2) is 0 Å². The number of hydrogen-bond acceptors (Lipinski definition) is 2. The Morgan fingerprint density at radius 2 is 2.14 bits per heavy atom. The van der Waals surface area contributed by atoms with Crippen LogP contribution in [-0.2, 0) is 13.1 Å². The van der Waals surface area contributed by atoms with Crippen molar-refractivity contribution in [3.8, 4) is 0 Å². The lowest BCUT2D eigenvalue weighted by Gasteiger charge is -2.06. The Balaban J connectivity index is 2.68. The molecule has 0 bridgehead atoms. The summed E-state index contributed by atoms with van der Waals surface area (Å²) in [6, 6.07) is 2.25. The van der Waals surface area contributed by atoms with Crippen molar-refractivity contribution in [3.05, 3.63) is 23.0 Å². The summed E-state index contributed by atoms with van der Waals surface area (Å²) in [5.74, 6) is 0. The molecule has 0 radical (unpaired) electrons. The van der Waals surface area contributed by atoms with Crippen molar-refractivity contribution in [2.75, 3.05) is 13.1 Å². The molecule has 80 valence electrons. The van der Waals surface area contributed by atoms with E-state index >= 15 is 0 Å². The Morgan fingerprint density at radius 3 is 2.64 bits per heavy atom. The lowest BCUT2D eigenvalue weighted by molar-refractivity contribution is 0.678. The van der Waals surface area contributed by atoms with Gasteiger partial charge in [-0.1, -0.05) is 0 Å². The Morgan fingerprint density at radius 1 is 1.43 bits per heavy atom. The molecule has 0 atom stereocenters. The van der Waals surface area contributed by atoms with Gasteiger partial charge in [-0.3, -0.25) is 0 Å². The standard InChI is InChI=1S/C11H21N3/c1-4-14-9(2)7-11(10(14)3)8-13-6-5-12/h7,13H,4-6,8,12H2,1-3H3. The maximum absolute atomic E-state index is 5.42. The molecule has 0 aromatic carbocycles. The first kappa shape index (κ1) is 11.3. The predicted molar refractivity (Wildman–Crippen MR) is 60.3 cm³/mol. The predicted octanol–water partition coefficient (Wildman–Crippen LogP) is 1.17. The zero-order chi connectivity index (χ0) is 10.6. The molecule has 0 aliphatic carbocycles. The number of hydrogen-bond donors (Lipinski definition) is 2. The Hall–Kier alpha value is -0.800. The van der Waals surface area contributed by atoms with Crippen molar-refractivity contribution in [1.29, 1.82) is 0 Å². The fourth-order valence-corrected chi connectivity index (χ4v) is 1.86. The van der Waals surface area contributed by atoms with Gasteiger partial charge in [-0.15, -0.1) is 0 Å². The van der Waals surface area contributed by atoms with Crippen LogP contribution in [0.4, 0.5) is 0 Å². The van der Waals surface area contributed by atoms with Gasteiger partial charge in [0.25, 0.3) is 0 Å². The fourth-order valence-electron chi connectivity index (χ4n) is 1.86. The topological polar surface area (TPSA) is 43.0 Å². The highest BCUT2D eigenvalue weighted by molar-refractivity contribution is 5.26. The van der Waals surface area contributed by atoms with Crippen molar-refractivity contribution < 1.29 is 0 Å². The van der Waals surface area contributed by atoms with Crippen molar-refractivity contribution in [3.63, 3.8) is 0 Å². The molecule has 0 saturated carbocycles. The molecule has 14 heavy (non-hydrogen) atoms. The summed E-state index contributed by atoms with van der Waals surface area (Å²) >= 11 is 0. The molecule has 0 aliphatic heterocycles. The number of nitrogens with one attached hydrogen (secondary N) is 1. The van der Waals surface area contributed by atoms with Crippen molar-refractivity contribution >= 4 is 0 Å². The maximum atomic E-state index is 5.42. The van der Waals surface area contributed by atoms with Gasteiger partial charge in [0.2, 0.25) is 0 Å². The van der Waals surface area contributed by atoms with E-state index in [1.165, 1.54) is 17.0 Å². The normalized spacial score (nSPS) is 10.9. The molecule has 0 amide bonds. The van der Waals surface area contributed by atoms with Gasteiger partial charge in [0.1, 0.15) is 0 Å². The third-order valence-electron chi connectivity index (χ3n) is 2.63. The second-order valence-corrected chi connectivity index (χ2v) is 3.61. The molecule has 0 fully saturated rings. The van der Waals surface area contributed by atoms with Crippen LogP contribution in [0.2, 0.25) is 0 Å². The average molecular weight is 195 g/mol. The highest BCUT2D eigenvalue weighted by Crippen LogP contribution is 2.14. The molecule has 1 aromatic heterocycles. The molecule has 3 heteroatoms. The van der Waals surface area contributed by atoms with Crippen LogP contribution in [0, 0.1) is 13.8 Å². The van der Waals surface area contributed by atoms with Crippen LogP contribution in [0.3, 0.4) is 0 Å². The first-order valence-corrected chi connectivity index (χ1v) is 5.27. The summed E-state index contributed by atoms with van der Waals surface area (Å²) in [6.07, 6.45) is 0. The van der Waals surface area contributed by atoms with Crippen LogP contribution >= 0.6 is 0 Å². The van der Waals surface area contributed by atoms with E-state index in [1.807, 2.05) is 0 Å². The zero-order valence-electron chi connectivity index (χ0n) is 9.43. The highest BCUT2D eigenvalue weighted by Gasteiger charge is 2.06. The van der Waals surface area contributed by atoms with Crippen LogP contribution in [0.1, 0.15) is 23.9 Å².